The second-order valence-electron chi connectivity index (χ2n) is 6.69. The Bertz CT molecular complexity index is 827. The van der Waals surface area contributed by atoms with Crippen LogP contribution in [0, 0.1) is 0 Å². The first kappa shape index (κ1) is 15.8. The highest BCUT2D eigenvalue weighted by molar-refractivity contribution is 5.82. The molecule has 2 aliphatic heterocycles. The number of ether oxygens (including phenoxy) is 1. The molecule has 25 heavy (non-hydrogen) atoms. The van der Waals surface area contributed by atoms with Crippen LogP contribution in [0.15, 0.2) is 42.7 Å². The number of rotatable bonds is 4. The number of fused-ring (bicyclic) bond motifs is 3. The molecule has 2 aromatic heterocycles. The quantitative estimate of drug-likeness (QED) is 0.568. The number of hydrogen-bond donors (Lipinski definition) is 3. The normalized spacial score (nSPS) is 24.1. The number of hydrogen-bond acceptors (Lipinski definition) is 6. The molecule has 2 fully saturated rings. The predicted molar refractivity (Wildman–Crippen MR) is 98.8 cm³/mol. The number of aromatic nitrogens is 2. The van der Waals surface area contributed by atoms with Crippen LogP contribution in [0.4, 0.5) is 5.69 Å². The second-order valence-corrected chi connectivity index (χ2v) is 6.69. The minimum atomic E-state index is 0.318. The van der Waals surface area contributed by atoms with Gasteiger partial charge in [-0.3, -0.25) is 0 Å². The Labute approximate surface area is 146 Å². The van der Waals surface area contributed by atoms with E-state index in [0.717, 1.165) is 29.7 Å². The van der Waals surface area contributed by atoms with Gasteiger partial charge in [-0.1, -0.05) is 0 Å². The lowest BCUT2D eigenvalue weighted by Crippen LogP contribution is -2.51. The fourth-order valence-electron chi connectivity index (χ4n) is 3.86. The summed E-state index contributed by atoms with van der Waals surface area (Å²) in [6.07, 6.45) is 9.59. The van der Waals surface area contributed by atoms with Gasteiger partial charge in [-0.2, -0.15) is 5.10 Å². The molecule has 2 saturated heterocycles. The number of nitrogens with two attached hydrogens (primary N) is 2. The summed E-state index contributed by atoms with van der Waals surface area (Å²) in [7, 11) is 1.54. The van der Waals surface area contributed by atoms with Gasteiger partial charge in [0.05, 0.1) is 18.3 Å². The number of anilines is 1. The summed E-state index contributed by atoms with van der Waals surface area (Å²) in [6, 6.07) is 5.37. The van der Waals surface area contributed by atoms with Crippen LogP contribution in [0.2, 0.25) is 0 Å². The molecule has 7 heteroatoms. The summed E-state index contributed by atoms with van der Waals surface area (Å²) in [4.78, 5) is 2.46. The average molecular weight is 340 g/mol. The third-order valence-corrected chi connectivity index (χ3v) is 5.09. The van der Waals surface area contributed by atoms with E-state index in [9.17, 15) is 0 Å². The first-order chi connectivity index (χ1) is 12.2. The molecule has 5 N–H and O–H groups in total. The van der Waals surface area contributed by atoms with E-state index in [-0.39, 0.29) is 0 Å². The van der Waals surface area contributed by atoms with Crippen LogP contribution in [0.3, 0.4) is 0 Å². The summed E-state index contributed by atoms with van der Waals surface area (Å²) in [5.74, 6) is 0.318. The van der Waals surface area contributed by atoms with Crippen LogP contribution in [0.1, 0.15) is 18.4 Å². The van der Waals surface area contributed by atoms with E-state index >= 15 is 0 Å². The monoisotopic (exact) mass is 340 g/mol. The van der Waals surface area contributed by atoms with E-state index in [1.807, 2.05) is 16.9 Å². The first-order valence-corrected chi connectivity index (χ1v) is 8.59. The Morgan fingerprint density at radius 1 is 1.36 bits per heavy atom. The van der Waals surface area contributed by atoms with Crippen molar-refractivity contribution in [3.63, 3.8) is 0 Å². The molecule has 0 spiro atoms. The van der Waals surface area contributed by atoms with Crippen molar-refractivity contribution in [2.24, 2.45) is 11.5 Å². The molecular weight excluding hydrogens is 316 g/mol. The van der Waals surface area contributed by atoms with E-state index < -0.39 is 0 Å². The minimum Gasteiger partial charge on any atom is -0.483 e. The van der Waals surface area contributed by atoms with Crippen LogP contribution in [-0.4, -0.2) is 41.9 Å². The molecule has 0 radical (unpaired) electrons. The Hall–Kier alpha value is -2.67. The average Bonchev–Trinajstić information content (AvgIpc) is 3.21. The molecule has 0 aromatic carbocycles. The van der Waals surface area contributed by atoms with Crippen LogP contribution in [0.25, 0.3) is 11.1 Å². The van der Waals surface area contributed by atoms with Crippen molar-refractivity contribution in [3.8, 4) is 0 Å². The fourth-order valence-corrected chi connectivity index (χ4v) is 3.86. The van der Waals surface area contributed by atoms with E-state index in [1.54, 1.807) is 6.08 Å². The van der Waals surface area contributed by atoms with Gasteiger partial charge >= 0.3 is 0 Å². The maximum Gasteiger partial charge on any atom is 0.184 e. The highest BCUT2D eigenvalue weighted by Gasteiger charge is 2.32. The third kappa shape index (κ3) is 2.91. The Kier molecular flexibility index (Phi) is 4.01. The molecule has 2 aromatic rings. The van der Waals surface area contributed by atoms with Gasteiger partial charge in [0, 0.05) is 61.0 Å². The molecule has 132 valence electrons. The smallest absolute Gasteiger partial charge is 0.184 e. The van der Waals surface area contributed by atoms with Gasteiger partial charge in [-0.25, -0.2) is 4.52 Å². The zero-order valence-electron chi connectivity index (χ0n) is 14.4. The summed E-state index contributed by atoms with van der Waals surface area (Å²) in [6.45, 7) is 2.07. The molecule has 2 atom stereocenters. The Morgan fingerprint density at radius 2 is 2.12 bits per heavy atom. The van der Waals surface area contributed by atoms with Crippen molar-refractivity contribution in [1.82, 2.24) is 14.9 Å². The van der Waals surface area contributed by atoms with Gasteiger partial charge in [-0.05, 0) is 25.0 Å². The largest absolute Gasteiger partial charge is 0.483 e. The standard InChI is InChI=1S/C18H24N6O/c1-25-18(20)7-12(8-19)13-6-17-16(4-5-21-24(17)9-13)23-10-14-2-3-15(11-23)22-14/h4-9,14-15,22H,2-3,10-11,19-20H2,1H3/b12-8+,18-7+. The van der Waals surface area contributed by atoms with E-state index in [1.165, 1.54) is 31.8 Å². The van der Waals surface area contributed by atoms with Gasteiger partial charge < -0.3 is 26.4 Å². The number of piperazine rings is 1. The molecule has 0 aliphatic carbocycles. The summed E-state index contributed by atoms with van der Waals surface area (Å²) in [5, 5.41) is 8.12. The van der Waals surface area contributed by atoms with Crippen molar-refractivity contribution in [1.29, 1.82) is 0 Å². The van der Waals surface area contributed by atoms with E-state index in [4.69, 9.17) is 16.2 Å². The molecule has 2 unspecified atom stereocenters. The first-order valence-electron chi connectivity index (χ1n) is 8.59. The SMILES string of the molecule is CO/C(N)=C/C(=C\N)c1cc2c(N3CC4CCC(C3)N4)ccnn2c1. The second kappa shape index (κ2) is 6.33. The summed E-state index contributed by atoms with van der Waals surface area (Å²) < 4.78 is 6.93. The lowest BCUT2D eigenvalue weighted by molar-refractivity contribution is 0.288. The summed E-state index contributed by atoms with van der Waals surface area (Å²) >= 11 is 0. The van der Waals surface area contributed by atoms with Gasteiger partial charge in [-0.15, -0.1) is 0 Å². The maximum atomic E-state index is 5.79. The zero-order chi connectivity index (χ0) is 17.4. The molecule has 4 heterocycles. The third-order valence-electron chi connectivity index (χ3n) is 5.09. The number of nitrogens with zero attached hydrogens (tertiary/aromatic N) is 3. The molecule has 7 nitrogen and oxygen atoms in total. The lowest BCUT2D eigenvalue weighted by atomic mass is 10.1. The van der Waals surface area contributed by atoms with Crippen LogP contribution in [-0.2, 0) is 4.74 Å². The van der Waals surface area contributed by atoms with Crippen molar-refractivity contribution < 1.29 is 4.74 Å². The molecule has 2 aliphatic rings. The fraction of sp³-hybridized carbons (Fsp3) is 0.389. The van der Waals surface area contributed by atoms with Crippen LogP contribution >= 0.6 is 0 Å². The highest BCUT2D eigenvalue weighted by atomic mass is 16.5. The molecule has 4 rings (SSSR count). The Morgan fingerprint density at radius 3 is 2.80 bits per heavy atom. The maximum absolute atomic E-state index is 5.79. The zero-order valence-corrected chi connectivity index (χ0v) is 14.4. The molecular formula is C18H24N6O. The van der Waals surface area contributed by atoms with Gasteiger partial charge in [0.15, 0.2) is 5.88 Å². The van der Waals surface area contributed by atoms with Gasteiger partial charge in [0.1, 0.15) is 0 Å². The minimum absolute atomic E-state index is 0.318. The van der Waals surface area contributed by atoms with E-state index in [2.05, 4.69) is 27.4 Å². The van der Waals surface area contributed by atoms with Crippen molar-refractivity contribution >= 4 is 16.8 Å². The summed E-state index contributed by atoms with van der Waals surface area (Å²) in [5.41, 5.74) is 15.6. The number of allylic oxidation sites excluding steroid dienone is 2. The van der Waals surface area contributed by atoms with Crippen LogP contribution in [0.5, 0.6) is 0 Å². The van der Waals surface area contributed by atoms with Gasteiger partial charge in [0.2, 0.25) is 0 Å². The van der Waals surface area contributed by atoms with E-state index in [0.29, 0.717) is 18.0 Å². The van der Waals surface area contributed by atoms with Crippen molar-refractivity contribution in [2.45, 2.75) is 24.9 Å². The number of methoxy groups -OCH3 is 1. The molecule has 0 saturated carbocycles. The topological polar surface area (TPSA) is 93.8 Å². The van der Waals surface area contributed by atoms with Crippen molar-refractivity contribution in [3.05, 3.63) is 48.2 Å². The lowest BCUT2D eigenvalue weighted by Gasteiger charge is -2.34. The highest BCUT2D eigenvalue weighted by Crippen LogP contribution is 2.30. The number of nitrogens with one attached hydrogen (secondary N) is 1. The Balaban J connectivity index is 1.72. The van der Waals surface area contributed by atoms with Gasteiger partial charge in [0.25, 0.3) is 0 Å². The predicted octanol–water partition coefficient (Wildman–Crippen LogP) is 1.02. The van der Waals surface area contributed by atoms with Crippen molar-refractivity contribution in [2.75, 3.05) is 25.1 Å². The molecule has 2 bridgehead atoms. The molecule has 0 amide bonds. The van der Waals surface area contributed by atoms with Crippen LogP contribution < -0.4 is 21.7 Å².